The van der Waals surface area contributed by atoms with Crippen LogP contribution in [0, 0.1) is 0 Å². The summed E-state index contributed by atoms with van der Waals surface area (Å²) in [5.41, 5.74) is 14.5. The van der Waals surface area contributed by atoms with Crippen LogP contribution in [-0.2, 0) is 5.41 Å². The van der Waals surface area contributed by atoms with Gasteiger partial charge in [-0.1, -0.05) is 111 Å². The number of fused-ring (bicyclic) bond motifs is 10. The number of nitrogens with zero attached hydrogens (tertiary/aromatic N) is 2. The van der Waals surface area contributed by atoms with E-state index in [-0.39, 0.29) is 12.5 Å². The lowest BCUT2D eigenvalue weighted by atomic mass is 9.65. The smallest absolute Gasteiger partial charge is 0.524 e. The maximum Gasteiger partial charge on any atom is 0.524 e. The van der Waals surface area contributed by atoms with E-state index in [9.17, 15) is 0 Å². The second kappa shape index (κ2) is 8.89. The first-order valence-electron chi connectivity index (χ1n) is 15.0. The largest absolute Gasteiger partial charge is 0.536 e. The summed E-state index contributed by atoms with van der Waals surface area (Å²) in [6.07, 6.45) is 0. The molecule has 0 saturated carbocycles. The van der Waals surface area contributed by atoms with Crippen LogP contribution in [-0.4, -0.2) is 7.05 Å². The Kier molecular flexibility index (Phi) is 5.04. The molecule has 0 fully saturated rings. The second-order valence-corrected chi connectivity index (χ2v) is 12.2. The predicted molar refractivity (Wildman–Crippen MR) is 179 cm³/mol. The molecule has 0 radical (unpaired) electrons. The summed E-state index contributed by atoms with van der Waals surface area (Å²) in [5.74, 6) is 0.916. The zero-order chi connectivity index (χ0) is 28.7. The van der Waals surface area contributed by atoms with E-state index < -0.39 is 0 Å². The number of rotatable bonds is 2. The molecule has 4 heteroatoms. The topological polar surface area (TPSA) is 15.7 Å². The molecule has 0 atom stereocenters. The Morgan fingerprint density at radius 2 is 1.12 bits per heavy atom. The Bertz CT molecular complexity index is 2020. The fourth-order valence-corrected chi connectivity index (χ4v) is 7.36. The summed E-state index contributed by atoms with van der Waals surface area (Å²) >= 11 is 0. The van der Waals surface area contributed by atoms with E-state index in [1.807, 2.05) is 0 Å². The molecule has 0 spiro atoms. The average Bonchev–Trinajstić information content (AvgIpc) is 3.45. The molecule has 0 unspecified atom stereocenters. The minimum atomic E-state index is -0.165. The van der Waals surface area contributed by atoms with Crippen LogP contribution in [0.2, 0.25) is 0 Å². The summed E-state index contributed by atoms with van der Waals surface area (Å²) in [6, 6.07) is 50.4. The number of benzene rings is 6. The summed E-state index contributed by atoms with van der Waals surface area (Å²) in [4.78, 5) is 4.74. The Hall–Kier alpha value is -5.22. The number of hydrogen-bond donors (Lipinski definition) is 0. The molecule has 43 heavy (non-hydrogen) atoms. The van der Waals surface area contributed by atoms with Gasteiger partial charge in [-0.3, -0.25) is 0 Å². The zero-order valence-corrected chi connectivity index (χ0v) is 24.2. The minimum Gasteiger partial charge on any atom is -0.536 e. The van der Waals surface area contributed by atoms with Crippen molar-refractivity contribution in [2.75, 3.05) is 9.71 Å². The van der Waals surface area contributed by atoms with Crippen molar-refractivity contribution in [1.82, 2.24) is 0 Å². The van der Waals surface area contributed by atoms with Gasteiger partial charge in [0.1, 0.15) is 5.75 Å². The number of hydrogen-bond acceptors (Lipinski definition) is 3. The summed E-state index contributed by atoms with van der Waals surface area (Å²) in [7, 11) is -0.165. The second-order valence-electron chi connectivity index (χ2n) is 12.2. The van der Waals surface area contributed by atoms with Crippen LogP contribution in [0.1, 0.15) is 25.0 Å². The van der Waals surface area contributed by atoms with E-state index >= 15 is 0 Å². The number of anilines is 5. The molecule has 6 aromatic rings. The van der Waals surface area contributed by atoms with Gasteiger partial charge < -0.3 is 14.4 Å². The lowest BCUT2D eigenvalue weighted by molar-refractivity contribution is 0.603. The molecule has 3 aliphatic rings. The molecule has 204 valence electrons. The van der Waals surface area contributed by atoms with Crippen molar-refractivity contribution in [3.8, 4) is 28.0 Å². The monoisotopic (exact) mass is 552 g/mol. The Labute approximate surface area is 252 Å². The Morgan fingerprint density at radius 1 is 0.535 bits per heavy atom. The van der Waals surface area contributed by atoms with Gasteiger partial charge in [0.15, 0.2) is 0 Å². The van der Waals surface area contributed by atoms with Crippen molar-refractivity contribution < 1.29 is 4.65 Å². The molecular weight excluding hydrogens is 523 g/mol. The molecule has 0 aromatic heterocycles. The van der Waals surface area contributed by atoms with Gasteiger partial charge in [-0.25, -0.2) is 0 Å². The van der Waals surface area contributed by atoms with Gasteiger partial charge in [-0.15, -0.1) is 0 Å². The Balaban J connectivity index is 1.10. The van der Waals surface area contributed by atoms with E-state index in [1.165, 1.54) is 50.3 Å². The fraction of sp³-hybridized carbons (Fsp3) is 0.0769. The van der Waals surface area contributed by atoms with Crippen LogP contribution in [0.5, 0.6) is 5.75 Å². The molecular formula is C39H29BN2O. The lowest BCUT2D eigenvalue weighted by Crippen LogP contribution is -2.50. The predicted octanol–water partition coefficient (Wildman–Crippen LogP) is 9.37. The first kappa shape index (κ1) is 24.4. The van der Waals surface area contributed by atoms with Crippen LogP contribution in [0.3, 0.4) is 0 Å². The normalized spacial score (nSPS) is 15.0. The first-order chi connectivity index (χ1) is 21.1. The van der Waals surface area contributed by atoms with Gasteiger partial charge in [0.2, 0.25) is 0 Å². The molecule has 0 amide bonds. The molecule has 3 nitrogen and oxygen atoms in total. The molecule has 3 aliphatic heterocycles. The van der Waals surface area contributed by atoms with E-state index in [4.69, 9.17) is 4.65 Å². The highest BCUT2D eigenvalue weighted by Crippen LogP contribution is 2.52. The molecule has 9 rings (SSSR count). The van der Waals surface area contributed by atoms with Crippen LogP contribution in [0.15, 0.2) is 140 Å². The third kappa shape index (κ3) is 3.44. The van der Waals surface area contributed by atoms with Crippen molar-refractivity contribution in [2.45, 2.75) is 19.3 Å². The minimum absolute atomic E-state index is 0.0672. The quantitative estimate of drug-likeness (QED) is 0.199. The van der Waals surface area contributed by atoms with Crippen LogP contribution >= 0.6 is 0 Å². The van der Waals surface area contributed by atoms with E-state index in [2.05, 4.69) is 163 Å². The van der Waals surface area contributed by atoms with Gasteiger partial charge in [0.05, 0.1) is 17.1 Å². The highest BCUT2D eigenvalue weighted by atomic mass is 16.5. The van der Waals surface area contributed by atoms with Gasteiger partial charge in [0, 0.05) is 22.4 Å². The zero-order valence-electron chi connectivity index (χ0n) is 24.2. The van der Waals surface area contributed by atoms with E-state index in [0.29, 0.717) is 0 Å². The molecule has 3 heterocycles. The summed E-state index contributed by atoms with van der Waals surface area (Å²) in [6.45, 7) is 4.65. The number of para-hydroxylation sites is 3. The van der Waals surface area contributed by atoms with Crippen molar-refractivity contribution >= 4 is 41.0 Å². The Morgan fingerprint density at radius 3 is 1.84 bits per heavy atom. The van der Waals surface area contributed by atoms with Crippen molar-refractivity contribution in [1.29, 1.82) is 0 Å². The van der Waals surface area contributed by atoms with Crippen LogP contribution in [0.4, 0.5) is 28.4 Å². The van der Waals surface area contributed by atoms with Crippen molar-refractivity contribution in [2.24, 2.45) is 0 Å². The molecule has 0 bridgehead atoms. The molecule has 0 N–H and O–H groups in total. The van der Waals surface area contributed by atoms with Crippen molar-refractivity contribution in [3.05, 3.63) is 151 Å². The van der Waals surface area contributed by atoms with E-state index in [0.717, 1.165) is 22.7 Å². The van der Waals surface area contributed by atoms with Gasteiger partial charge in [-0.2, -0.15) is 0 Å². The van der Waals surface area contributed by atoms with Gasteiger partial charge >= 0.3 is 7.05 Å². The third-order valence-corrected chi connectivity index (χ3v) is 9.47. The maximum absolute atomic E-state index is 6.69. The highest BCUT2D eigenvalue weighted by molar-refractivity contribution is 6.77. The standard InChI is InChI=1S/C39H29BN2O/c1-39(2)31-13-5-9-17-35(31)41(36-18-10-6-14-32(36)39)28-22-19-26(20-23-28)27-21-24-37-38(25-27)43-40-33-15-7-3-11-29(33)30-12-4-8-16-34(30)42(37)40/h3-25H,1-2H3. The summed E-state index contributed by atoms with van der Waals surface area (Å²) in [5, 5.41) is 0. The molecule has 0 saturated heterocycles. The summed E-state index contributed by atoms with van der Waals surface area (Å²) < 4.78 is 6.69. The third-order valence-electron chi connectivity index (χ3n) is 9.47. The first-order valence-corrected chi connectivity index (χ1v) is 15.0. The lowest BCUT2D eigenvalue weighted by Gasteiger charge is -2.42. The molecule has 6 aromatic carbocycles. The highest BCUT2D eigenvalue weighted by Gasteiger charge is 2.45. The van der Waals surface area contributed by atoms with Gasteiger partial charge in [0.25, 0.3) is 0 Å². The van der Waals surface area contributed by atoms with Crippen LogP contribution < -0.4 is 19.8 Å². The maximum atomic E-state index is 6.69. The van der Waals surface area contributed by atoms with Crippen LogP contribution in [0.25, 0.3) is 22.3 Å². The van der Waals surface area contributed by atoms with Crippen molar-refractivity contribution in [3.63, 3.8) is 0 Å². The SMILES string of the molecule is CC1(C)c2ccccc2N(c2ccc(-c3ccc4c(c3)OB3c5ccccc5-c5ccccc5N34)cc2)c2ccccc21. The average molecular weight is 552 g/mol. The fourth-order valence-electron chi connectivity index (χ4n) is 7.36. The van der Waals surface area contributed by atoms with Gasteiger partial charge in [-0.05, 0) is 75.7 Å². The van der Waals surface area contributed by atoms with E-state index in [1.54, 1.807) is 0 Å². The molecule has 0 aliphatic carbocycles.